The van der Waals surface area contributed by atoms with Crippen molar-refractivity contribution in [2.45, 2.75) is 19.4 Å². The summed E-state index contributed by atoms with van der Waals surface area (Å²) >= 11 is 1.84. The molecule has 0 bridgehead atoms. The maximum absolute atomic E-state index is 8.88. The van der Waals surface area contributed by atoms with Crippen molar-refractivity contribution >= 4 is 11.3 Å². The minimum absolute atomic E-state index is 0.0643. The van der Waals surface area contributed by atoms with Crippen LogP contribution in [0.25, 0.3) is 0 Å². The summed E-state index contributed by atoms with van der Waals surface area (Å²) in [5.41, 5.74) is 0. The number of thiophene rings is 1. The molecule has 0 N–H and O–H groups in total. The predicted octanol–water partition coefficient (Wildman–Crippen LogP) is 1.82. The van der Waals surface area contributed by atoms with Gasteiger partial charge < -0.3 is 4.90 Å². The molecule has 2 heterocycles. The Labute approximate surface area is 107 Å². The first-order chi connectivity index (χ1) is 8.29. The zero-order valence-electron chi connectivity index (χ0n) is 10.3. The lowest BCUT2D eigenvalue weighted by Crippen LogP contribution is -2.49. The van der Waals surface area contributed by atoms with Gasteiger partial charge in [0.25, 0.3) is 0 Å². The molecule has 2 rings (SSSR count). The Hall–Kier alpha value is -0.890. The second-order valence-corrected chi connectivity index (χ2v) is 5.54. The van der Waals surface area contributed by atoms with Gasteiger partial charge in [0.2, 0.25) is 0 Å². The van der Waals surface area contributed by atoms with Gasteiger partial charge in [-0.15, -0.1) is 11.3 Å². The summed E-state index contributed by atoms with van der Waals surface area (Å²) in [5.74, 6) is 0. The van der Waals surface area contributed by atoms with E-state index < -0.39 is 0 Å². The van der Waals surface area contributed by atoms with Crippen LogP contribution < -0.4 is 0 Å². The molecule has 4 heteroatoms. The minimum atomic E-state index is 0.0643. The average Bonchev–Trinajstić information content (AvgIpc) is 2.89. The Morgan fingerprint density at radius 2 is 2.18 bits per heavy atom. The first-order valence-electron chi connectivity index (χ1n) is 6.18. The van der Waals surface area contributed by atoms with Gasteiger partial charge in [0, 0.05) is 37.6 Å². The smallest absolute Gasteiger partial charge is 0.0950 e. The molecule has 17 heavy (non-hydrogen) atoms. The van der Waals surface area contributed by atoms with Crippen LogP contribution in [-0.4, -0.2) is 48.6 Å². The van der Waals surface area contributed by atoms with Crippen molar-refractivity contribution in [1.29, 1.82) is 5.26 Å². The van der Waals surface area contributed by atoms with Gasteiger partial charge in [-0.3, -0.25) is 4.90 Å². The Morgan fingerprint density at radius 1 is 1.41 bits per heavy atom. The van der Waals surface area contributed by atoms with E-state index in [4.69, 9.17) is 5.26 Å². The van der Waals surface area contributed by atoms with E-state index in [-0.39, 0.29) is 6.04 Å². The molecular formula is C13H19N3S. The number of rotatable bonds is 4. The van der Waals surface area contributed by atoms with Gasteiger partial charge in [-0.05, 0) is 24.8 Å². The standard InChI is InChI=1S/C13H19N3S/c1-12(11-14)16-8-6-15(7-9-16)5-4-13-3-2-10-17-13/h2-3,10,12H,4-9H2,1H3. The highest BCUT2D eigenvalue weighted by Gasteiger charge is 2.20. The SMILES string of the molecule is CC(C#N)N1CCN(CCc2cccs2)CC1. The molecule has 0 saturated carbocycles. The zero-order chi connectivity index (χ0) is 12.1. The fourth-order valence-electron chi connectivity index (χ4n) is 2.18. The molecule has 0 aliphatic carbocycles. The zero-order valence-corrected chi connectivity index (χ0v) is 11.1. The molecule has 92 valence electrons. The maximum atomic E-state index is 8.88. The largest absolute Gasteiger partial charge is 0.300 e. The van der Waals surface area contributed by atoms with Crippen molar-refractivity contribution in [2.24, 2.45) is 0 Å². The predicted molar refractivity (Wildman–Crippen MR) is 71.1 cm³/mol. The minimum Gasteiger partial charge on any atom is -0.300 e. The second kappa shape index (κ2) is 6.15. The van der Waals surface area contributed by atoms with E-state index in [0.29, 0.717) is 0 Å². The van der Waals surface area contributed by atoms with Gasteiger partial charge in [-0.1, -0.05) is 6.07 Å². The monoisotopic (exact) mass is 249 g/mol. The maximum Gasteiger partial charge on any atom is 0.0950 e. The van der Waals surface area contributed by atoms with E-state index in [1.807, 2.05) is 18.3 Å². The normalized spacial score (nSPS) is 20.0. The van der Waals surface area contributed by atoms with Crippen LogP contribution in [0.4, 0.5) is 0 Å². The van der Waals surface area contributed by atoms with Crippen molar-refractivity contribution < 1.29 is 0 Å². The third-order valence-corrected chi connectivity index (χ3v) is 4.33. The van der Waals surface area contributed by atoms with Crippen LogP contribution in [0.15, 0.2) is 17.5 Å². The highest BCUT2D eigenvalue weighted by atomic mass is 32.1. The second-order valence-electron chi connectivity index (χ2n) is 4.51. The molecule has 1 aromatic rings. The van der Waals surface area contributed by atoms with Gasteiger partial charge in [-0.25, -0.2) is 0 Å². The first-order valence-corrected chi connectivity index (χ1v) is 7.06. The quantitative estimate of drug-likeness (QED) is 0.815. The summed E-state index contributed by atoms with van der Waals surface area (Å²) in [7, 11) is 0. The summed E-state index contributed by atoms with van der Waals surface area (Å²) in [6.07, 6.45) is 1.16. The van der Waals surface area contributed by atoms with Crippen LogP contribution in [0.2, 0.25) is 0 Å². The van der Waals surface area contributed by atoms with Crippen molar-refractivity contribution in [3.8, 4) is 6.07 Å². The Kier molecular flexibility index (Phi) is 4.55. The lowest BCUT2D eigenvalue weighted by Gasteiger charge is -2.35. The fourth-order valence-corrected chi connectivity index (χ4v) is 2.88. The Morgan fingerprint density at radius 3 is 2.76 bits per heavy atom. The van der Waals surface area contributed by atoms with Crippen LogP contribution in [0.5, 0.6) is 0 Å². The summed E-state index contributed by atoms with van der Waals surface area (Å²) in [6, 6.07) is 6.70. The summed E-state index contributed by atoms with van der Waals surface area (Å²) < 4.78 is 0. The van der Waals surface area contributed by atoms with Crippen LogP contribution in [0.3, 0.4) is 0 Å². The fraction of sp³-hybridized carbons (Fsp3) is 0.615. The molecule has 1 fully saturated rings. The summed E-state index contributed by atoms with van der Waals surface area (Å²) in [6.45, 7) is 7.38. The van der Waals surface area contributed by atoms with E-state index in [1.54, 1.807) is 0 Å². The number of nitriles is 1. The van der Waals surface area contributed by atoms with Crippen LogP contribution in [0.1, 0.15) is 11.8 Å². The van der Waals surface area contributed by atoms with Crippen molar-refractivity contribution in [2.75, 3.05) is 32.7 Å². The van der Waals surface area contributed by atoms with Crippen molar-refractivity contribution in [1.82, 2.24) is 9.80 Å². The first kappa shape index (κ1) is 12.6. The molecule has 1 atom stereocenters. The summed E-state index contributed by atoms with van der Waals surface area (Å²) in [4.78, 5) is 6.24. The van der Waals surface area contributed by atoms with Gasteiger partial charge in [0.1, 0.15) is 0 Å². The van der Waals surface area contributed by atoms with E-state index in [9.17, 15) is 0 Å². The number of hydrogen-bond donors (Lipinski definition) is 0. The highest BCUT2D eigenvalue weighted by molar-refractivity contribution is 7.09. The highest BCUT2D eigenvalue weighted by Crippen LogP contribution is 2.11. The van der Waals surface area contributed by atoms with Crippen molar-refractivity contribution in [3.63, 3.8) is 0 Å². The third-order valence-electron chi connectivity index (χ3n) is 3.40. The molecule has 3 nitrogen and oxygen atoms in total. The van der Waals surface area contributed by atoms with Gasteiger partial charge in [0.05, 0.1) is 12.1 Å². The molecule has 1 aliphatic rings. The van der Waals surface area contributed by atoms with Crippen molar-refractivity contribution in [3.05, 3.63) is 22.4 Å². The molecule has 1 saturated heterocycles. The van der Waals surface area contributed by atoms with E-state index in [2.05, 4.69) is 33.4 Å². The number of piperazine rings is 1. The number of nitrogens with zero attached hydrogens (tertiary/aromatic N) is 3. The average molecular weight is 249 g/mol. The molecule has 0 spiro atoms. The molecule has 0 radical (unpaired) electrons. The molecule has 0 aromatic carbocycles. The summed E-state index contributed by atoms with van der Waals surface area (Å²) in [5, 5.41) is 11.0. The topological polar surface area (TPSA) is 30.3 Å². The van der Waals surface area contributed by atoms with E-state index in [0.717, 1.165) is 39.1 Å². The Balaban J connectivity index is 1.71. The third kappa shape index (κ3) is 3.53. The Bertz CT molecular complexity index is 361. The van der Waals surface area contributed by atoms with E-state index in [1.165, 1.54) is 4.88 Å². The van der Waals surface area contributed by atoms with Gasteiger partial charge >= 0.3 is 0 Å². The lowest BCUT2D eigenvalue weighted by molar-refractivity contribution is 0.120. The number of hydrogen-bond acceptors (Lipinski definition) is 4. The molecule has 0 amide bonds. The molecule has 1 aliphatic heterocycles. The lowest BCUT2D eigenvalue weighted by atomic mass is 10.2. The van der Waals surface area contributed by atoms with Crippen LogP contribution in [-0.2, 0) is 6.42 Å². The molecule has 1 unspecified atom stereocenters. The van der Waals surface area contributed by atoms with Crippen LogP contribution >= 0.6 is 11.3 Å². The van der Waals surface area contributed by atoms with Gasteiger partial charge in [-0.2, -0.15) is 5.26 Å². The molecule has 1 aromatic heterocycles. The molecular weight excluding hydrogens is 230 g/mol. The van der Waals surface area contributed by atoms with E-state index >= 15 is 0 Å². The van der Waals surface area contributed by atoms with Gasteiger partial charge in [0.15, 0.2) is 0 Å². The van der Waals surface area contributed by atoms with Crippen LogP contribution in [0, 0.1) is 11.3 Å².